The van der Waals surface area contributed by atoms with Gasteiger partial charge < -0.3 is 10.2 Å². The SMILES string of the molecule is O=C(O)c1ccc2c3cccc4c(C(=O)O)c(C56CCC(CC5)CC6)c(C56CCC(CC5)CC6)c(c5cccc1c25)c43. The van der Waals surface area contributed by atoms with Crippen LogP contribution in [0.5, 0.6) is 0 Å². The Hall–Kier alpha value is -3.66. The van der Waals surface area contributed by atoms with E-state index in [1.54, 1.807) is 6.07 Å². The molecule has 0 spiro atoms. The maximum atomic E-state index is 13.6. The number of hydrogen-bond donors (Lipinski definition) is 2. The number of aromatic carboxylic acids is 2. The number of fused-ring (bicyclic) bond motifs is 8. The Kier molecular flexibility index (Phi) is 5.02. The molecule has 0 radical (unpaired) electrons. The number of hydrogen-bond acceptors (Lipinski definition) is 2. The highest BCUT2D eigenvalue weighted by molar-refractivity contribution is 6.36. The van der Waals surface area contributed by atoms with Crippen LogP contribution in [0.1, 0.15) is 109 Å². The van der Waals surface area contributed by atoms with Crippen LogP contribution in [0.4, 0.5) is 0 Å². The van der Waals surface area contributed by atoms with Crippen LogP contribution in [-0.2, 0) is 10.8 Å². The van der Waals surface area contributed by atoms with Gasteiger partial charge >= 0.3 is 11.9 Å². The molecule has 4 heteroatoms. The minimum Gasteiger partial charge on any atom is -0.478 e. The molecule has 0 saturated heterocycles. The van der Waals surface area contributed by atoms with Crippen molar-refractivity contribution in [2.75, 3.05) is 0 Å². The summed E-state index contributed by atoms with van der Waals surface area (Å²) in [5.41, 5.74) is 3.28. The quantitative estimate of drug-likeness (QED) is 0.171. The second kappa shape index (κ2) is 8.46. The van der Waals surface area contributed by atoms with Gasteiger partial charge in [-0.1, -0.05) is 42.5 Å². The van der Waals surface area contributed by atoms with Gasteiger partial charge in [0.05, 0.1) is 11.1 Å². The summed E-state index contributed by atoms with van der Waals surface area (Å²) in [4.78, 5) is 26.0. The second-order valence-electron chi connectivity index (χ2n) is 14.3. The normalized spacial score (nSPS) is 28.9. The first-order valence-electron chi connectivity index (χ1n) is 16.1. The van der Waals surface area contributed by atoms with E-state index in [-0.39, 0.29) is 10.8 Å². The van der Waals surface area contributed by atoms with Crippen LogP contribution in [0.15, 0.2) is 48.5 Å². The van der Waals surface area contributed by atoms with Gasteiger partial charge in [0, 0.05) is 0 Å². The van der Waals surface area contributed by atoms with Crippen molar-refractivity contribution in [1.82, 2.24) is 0 Å². The van der Waals surface area contributed by atoms with Gasteiger partial charge in [-0.15, -0.1) is 0 Å². The fourth-order valence-electron chi connectivity index (χ4n) is 10.6. The maximum Gasteiger partial charge on any atom is 0.336 e. The monoisotopic (exact) mass is 556 g/mol. The lowest BCUT2D eigenvalue weighted by molar-refractivity contribution is 0.0680. The molecule has 212 valence electrons. The fraction of sp³-hybridized carbons (Fsp3) is 0.421. The average Bonchev–Trinajstić information content (AvgIpc) is 3.04. The van der Waals surface area contributed by atoms with Crippen molar-refractivity contribution in [2.45, 2.75) is 87.9 Å². The molecule has 5 aromatic carbocycles. The summed E-state index contributed by atoms with van der Waals surface area (Å²) in [6.45, 7) is 0. The van der Waals surface area contributed by atoms with Gasteiger partial charge in [-0.25, -0.2) is 9.59 Å². The summed E-state index contributed by atoms with van der Waals surface area (Å²) in [6, 6.07) is 16.0. The predicted octanol–water partition coefficient (Wildman–Crippen LogP) is 9.58. The summed E-state index contributed by atoms with van der Waals surface area (Å²) in [5, 5.41) is 29.4. The van der Waals surface area contributed by atoms with E-state index in [4.69, 9.17) is 0 Å². The van der Waals surface area contributed by atoms with E-state index in [1.165, 1.54) is 55.0 Å². The lowest BCUT2D eigenvalue weighted by atomic mass is 9.51. The molecule has 5 aromatic rings. The Bertz CT molecular complexity index is 1940. The fourth-order valence-corrected chi connectivity index (χ4v) is 10.6. The first kappa shape index (κ1) is 24.9. The van der Waals surface area contributed by atoms with Crippen molar-refractivity contribution in [3.05, 3.63) is 70.8 Å². The van der Waals surface area contributed by atoms with E-state index >= 15 is 0 Å². The molecule has 6 aliphatic rings. The van der Waals surface area contributed by atoms with Gasteiger partial charge in [0.15, 0.2) is 0 Å². The van der Waals surface area contributed by atoms with Crippen LogP contribution in [0.25, 0.3) is 43.1 Å². The lowest BCUT2D eigenvalue weighted by Crippen LogP contribution is -2.44. The van der Waals surface area contributed by atoms with Crippen molar-refractivity contribution in [3.63, 3.8) is 0 Å². The topological polar surface area (TPSA) is 74.6 Å². The van der Waals surface area contributed by atoms with Crippen molar-refractivity contribution in [3.8, 4) is 0 Å². The van der Waals surface area contributed by atoms with Crippen LogP contribution in [-0.4, -0.2) is 22.2 Å². The molecule has 6 fully saturated rings. The van der Waals surface area contributed by atoms with Crippen molar-refractivity contribution < 1.29 is 19.8 Å². The molecule has 11 rings (SSSR count). The number of benzene rings is 5. The van der Waals surface area contributed by atoms with E-state index in [0.717, 1.165) is 88.1 Å². The molecule has 0 amide bonds. The minimum atomic E-state index is -0.910. The standard InChI is InChI=1S/C38H36O4/c39-35(40)26-8-7-25-23-3-1-6-28-30(23)31(27-5-2-4-24(26)29(25)27)33(37-15-9-21(10-16-37)11-17-37)34(32(28)36(41)42)38-18-12-22(13-19-38)14-20-38/h1-8,21-22H,9-20H2,(H,39,40)(H,41,42). The van der Waals surface area contributed by atoms with E-state index in [9.17, 15) is 19.8 Å². The Morgan fingerprint density at radius 2 is 1.02 bits per heavy atom. The smallest absolute Gasteiger partial charge is 0.336 e. The molecule has 4 nitrogen and oxygen atoms in total. The zero-order valence-corrected chi connectivity index (χ0v) is 24.0. The van der Waals surface area contributed by atoms with Crippen LogP contribution in [0.2, 0.25) is 0 Å². The molecule has 6 saturated carbocycles. The van der Waals surface area contributed by atoms with Gasteiger partial charge in [0.1, 0.15) is 0 Å². The van der Waals surface area contributed by atoms with Gasteiger partial charge in [-0.05, 0) is 160 Å². The third-order valence-electron chi connectivity index (χ3n) is 12.6. The largest absolute Gasteiger partial charge is 0.478 e. The summed E-state index contributed by atoms with van der Waals surface area (Å²) < 4.78 is 0. The summed E-state index contributed by atoms with van der Waals surface area (Å²) >= 11 is 0. The van der Waals surface area contributed by atoms with Crippen molar-refractivity contribution in [2.24, 2.45) is 11.8 Å². The molecule has 0 aliphatic heterocycles. The van der Waals surface area contributed by atoms with Gasteiger partial charge in [-0.3, -0.25) is 0 Å². The van der Waals surface area contributed by atoms with E-state index in [2.05, 4.69) is 18.2 Å². The molecular formula is C38H36O4. The van der Waals surface area contributed by atoms with Crippen LogP contribution in [0, 0.1) is 11.8 Å². The van der Waals surface area contributed by atoms with E-state index in [1.807, 2.05) is 24.3 Å². The molecule has 0 heterocycles. The Labute approximate surface area is 245 Å². The number of rotatable bonds is 4. The van der Waals surface area contributed by atoms with Gasteiger partial charge in [0.2, 0.25) is 0 Å². The highest BCUT2D eigenvalue weighted by Gasteiger charge is 2.51. The number of carbonyl (C=O) groups is 2. The summed E-state index contributed by atoms with van der Waals surface area (Å²) in [7, 11) is 0. The Balaban J connectivity index is 1.57. The predicted molar refractivity (Wildman–Crippen MR) is 167 cm³/mol. The van der Waals surface area contributed by atoms with Crippen molar-refractivity contribution in [1.29, 1.82) is 0 Å². The van der Waals surface area contributed by atoms with Crippen LogP contribution < -0.4 is 0 Å². The molecule has 4 bridgehead atoms. The van der Waals surface area contributed by atoms with Gasteiger partial charge in [0.25, 0.3) is 0 Å². The van der Waals surface area contributed by atoms with Crippen molar-refractivity contribution >= 4 is 55.0 Å². The molecular weight excluding hydrogens is 520 g/mol. The first-order valence-corrected chi connectivity index (χ1v) is 16.1. The summed E-state index contributed by atoms with van der Waals surface area (Å²) in [6.07, 6.45) is 13.9. The Morgan fingerprint density at radius 3 is 1.60 bits per heavy atom. The molecule has 0 atom stereocenters. The summed E-state index contributed by atoms with van der Waals surface area (Å²) in [5.74, 6) is -0.116. The minimum absolute atomic E-state index is 0.0297. The second-order valence-corrected chi connectivity index (χ2v) is 14.3. The maximum absolute atomic E-state index is 13.6. The third kappa shape index (κ3) is 3.08. The highest BCUT2D eigenvalue weighted by Crippen LogP contribution is 2.62. The number of carboxylic acids is 2. The lowest BCUT2D eigenvalue weighted by Gasteiger charge is -2.53. The van der Waals surface area contributed by atoms with E-state index < -0.39 is 11.9 Å². The molecule has 0 aromatic heterocycles. The zero-order valence-electron chi connectivity index (χ0n) is 24.0. The van der Waals surface area contributed by atoms with E-state index in [0.29, 0.717) is 11.1 Å². The average molecular weight is 557 g/mol. The third-order valence-corrected chi connectivity index (χ3v) is 12.6. The first-order chi connectivity index (χ1) is 20.4. The molecule has 0 unspecified atom stereocenters. The Morgan fingerprint density at radius 1 is 0.524 bits per heavy atom. The number of carboxylic acid groups (broad SMARTS) is 2. The molecule has 42 heavy (non-hydrogen) atoms. The van der Waals surface area contributed by atoms with Crippen LogP contribution in [0.3, 0.4) is 0 Å². The molecule has 2 N–H and O–H groups in total. The van der Waals surface area contributed by atoms with Gasteiger partial charge in [-0.2, -0.15) is 0 Å². The molecule has 6 aliphatic carbocycles. The highest BCUT2D eigenvalue weighted by atomic mass is 16.4. The zero-order chi connectivity index (χ0) is 28.4. The van der Waals surface area contributed by atoms with Crippen LogP contribution >= 0.6 is 0 Å².